The van der Waals surface area contributed by atoms with Gasteiger partial charge >= 0.3 is 0 Å². The highest BCUT2D eigenvalue weighted by Crippen LogP contribution is 2.36. The first kappa shape index (κ1) is 14.7. The summed E-state index contributed by atoms with van der Waals surface area (Å²) >= 11 is 0. The average molecular weight is 314 g/mol. The topological polar surface area (TPSA) is 84.4 Å². The van der Waals surface area contributed by atoms with E-state index in [0.29, 0.717) is 24.9 Å². The predicted octanol–water partition coefficient (Wildman–Crippen LogP) is 1.12. The van der Waals surface area contributed by atoms with E-state index in [4.69, 9.17) is 5.73 Å². The number of aliphatic hydroxyl groups excluding tert-OH is 1. The Morgan fingerprint density at radius 1 is 1.30 bits per heavy atom. The fraction of sp³-hybridized carbons (Fsp3) is 0.529. The predicted molar refractivity (Wildman–Crippen MR) is 87.0 cm³/mol. The highest BCUT2D eigenvalue weighted by molar-refractivity contribution is 5.98. The number of amides is 1. The average Bonchev–Trinajstić information content (AvgIpc) is 3.06. The number of hydrogen-bond donors (Lipinski definition) is 2. The lowest BCUT2D eigenvalue weighted by atomic mass is 9.98. The fourth-order valence-electron chi connectivity index (χ4n) is 4.14. The molecule has 2 aliphatic heterocycles. The van der Waals surface area contributed by atoms with Crippen LogP contribution in [0.3, 0.4) is 0 Å². The first-order chi connectivity index (χ1) is 11.2. The third-order valence-electron chi connectivity index (χ3n) is 5.18. The van der Waals surface area contributed by atoms with Gasteiger partial charge in [-0.05, 0) is 43.9 Å². The molecule has 23 heavy (non-hydrogen) atoms. The number of aromatic nitrogens is 2. The van der Waals surface area contributed by atoms with Gasteiger partial charge in [0, 0.05) is 30.7 Å². The Bertz CT molecular complexity index is 727. The third kappa shape index (κ3) is 2.42. The molecule has 1 aromatic heterocycles. The number of nitrogens with zero attached hydrogens (tertiary/aromatic N) is 3. The molecule has 2 fully saturated rings. The molecule has 0 spiro atoms. The van der Waals surface area contributed by atoms with E-state index in [0.717, 1.165) is 30.4 Å². The molecule has 6 nitrogen and oxygen atoms in total. The maximum atomic E-state index is 12.9. The quantitative estimate of drug-likeness (QED) is 0.889. The summed E-state index contributed by atoms with van der Waals surface area (Å²) in [5, 5.41) is 9.89. The molecular weight excluding hydrogens is 292 g/mol. The van der Waals surface area contributed by atoms with Crippen molar-refractivity contribution in [2.75, 3.05) is 6.54 Å². The second-order valence-corrected chi connectivity index (χ2v) is 6.65. The number of rotatable bonds is 3. The molecule has 3 N–H and O–H groups in total. The van der Waals surface area contributed by atoms with Crippen LogP contribution in [0.15, 0.2) is 24.5 Å². The van der Waals surface area contributed by atoms with E-state index in [2.05, 4.69) is 4.98 Å². The molecule has 122 valence electrons. The normalized spacial score (nSPS) is 26.9. The molecule has 2 aliphatic rings. The molecule has 2 unspecified atom stereocenters. The van der Waals surface area contributed by atoms with E-state index in [1.807, 2.05) is 27.7 Å². The fourth-order valence-corrected chi connectivity index (χ4v) is 4.14. The largest absolute Gasteiger partial charge is 0.393 e. The van der Waals surface area contributed by atoms with Gasteiger partial charge in [0.15, 0.2) is 0 Å². The maximum absolute atomic E-state index is 12.9. The van der Waals surface area contributed by atoms with Crippen molar-refractivity contribution in [1.29, 1.82) is 0 Å². The Labute approximate surface area is 134 Å². The van der Waals surface area contributed by atoms with Crippen molar-refractivity contribution in [2.24, 2.45) is 5.73 Å². The minimum atomic E-state index is -0.258. The van der Waals surface area contributed by atoms with Crippen LogP contribution < -0.4 is 5.73 Å². The van der Waals surface area contributed by atoms with Gasteiger partial charge in [0.2, 0.25) is 0 Å². The Morgan fingerprint density at radius 3 is 2.74 bits per heavy atom. The van der Waals surface area contributed by atoms with E-state index in [9.17, 15) is 9.90 Å². The van der Waals surface area contributed by atoms with Crippen molar-refractivity contribution < 1.29 is 9.90 Å². The molecule has 6 heteroatoms. The summed E-state index contributed by atoms with van der Waals surface area (Å²) < 4.78 is 2.00. The lowest BCUT2D eigenvalue weighted by molar-refractivity contribution is 0.0287. The summed E-state index contributed by atoms with van der Waals surface area (Å²) in [6, 6.07) is 6.06. The van der Waals surface area contributed by atoms with Crippen molar-refractivity contribution in [1.82, 2.24) is 14.5 Å². The molecule has 2 atom stereocenters. The molecule has 3 heterocycles. The summed E-state index contributed by atoms with van der Waals surface area (Å²) in [6.07, 6.45) is 4.92. The summed E-state index contributed by atoms with van der Waals surface area (Å²) in [6.45, 7) is 1.28. The molecule has 1 amide bonds. The lowest BCUT2D eigenvalue weighted by Gasteiger charge is -2.37. The van der Waals surface area contributed by atoms with Crippen LogP contribution in [0, 0.1) is 0 Å². The molecule has 0 aliphatic carbocycles. The number of imidazole rings is 1. The van der Waals surface area contributed by atoms with Gasteiger partial charge in [0.1, 0.15) is 0 Å². The van der Waals surface area contributed by atoms with Gasteiger partial charge in [0.05, 0.1) is 23.5 Å². The van der Waals surface area contributed by atoms with E-state index in [1.54, 1.807) is 6.33 Å². The van der Waals surface area contributed by atoms with Crippen LogP contribution in [0.2, 0.25) is 0 Å². The second-order valence-electron chi connectivity index (χ2n) is 6.65. The molecule has 0 saturated carbocycles. The SMILES string of the molecule is NCCn1cnc2cc(C(=O)N3C4CCC3CC(O)C4)ccc21. The maximum Gasteiger partial charge on any atom is 0.254 e. The van der Waals surface area contributed by atoms with Crippen molar-refractivity contribution in [3.63, 3.8) is 0 Å². The summed E-state index contributed by atoms with van der Waals surface area (Å²) in [5.41, 5.74) is 8.12. The van der Waals surface area contributed by atoms with Gasteiger partial charge in [0.25, 0.3) is 5.91 Å². The Morgan fingerprint density at radius 2 is 2.04 bits per heavy atom. The van der Waals surface area contributed by atoms with Crippen molar-refractivity contribution in [3.05, 3.63) is 30.1 Å². The van der Waals surface area contributed by atoms with Gasteiger partial charge in [-0.15, -0.1) is 0 Å². The molecule has 0 radical (unpaired) electrons. The lowest BCUT2D eigenvalue weighted by Crippen LogP contribution is -2.48. The Kier molecular flexibility index (Phi) is 3.58. The highest BCUT2D eigenvalue weighted by Gasteiger charge is 2.42. The van der Waals surface area contributed by atoms with E-state index >= 15 is 0 Å². The van der Waals surface area contributed by atoms with Gasteiger partial charge in [-0.3, -0.25) is 4.79 Å². The van der Waals surface area contributed by atoms with E-state index < -0.39 is 0 Å². The van der Waals surface area contributed by atoms with Crippen molar-refractivity contribution in [2.45, 2.75) is 50.4 Å². The van der Waals surface area contributed by atoms with E-state index in [-0.39, 0.29) is 24.1 Å². The number of benzene rings is 1. The standard InChI is InChI=1S/C17H22N4O2/c18-5-6-20-10-19-15-7-11(1-4-16(15)20)17(23)21-12-2-3-13(21)9-14(22)8-12/h1,4,7,10,12-14,22H,2-3,5-6,8-9,18H2. The zero-order valence-electron chi connectivity index (χ0n) is 13.1. The van der Waals surface area contributed by atoms with Crippen molar-refractivity contribution >= 4 is 16.9 Å². The van der Waals surface area contributed by atoms with Crippen LogP contribution in [-0.4, -0.2) is 50.2 Å². The summed E-state index contributed by atoms with van der Waals surface area (Å²) in [7, 11) is 0. The zero-order chi connectivity index (χ0) is 16.0. The number of nitrogens with two attached hydrogens (primary N) is 1. The van der Waals surface area contributed by atoms with Gasteiger partial charge in [-0.25, -0.2) is 4.98 Å². The highest BCUT2D eigenvalue weighted by atomic mass is 16.3. The van der Waals surface area contributed by atoms with Gasteiger partial charge in [-0.2, -0.15) is 0 Å². The number of carbonyl (C=O) groups is 1. The first-order valence-electron chi connectivity index (χ1n) is 8.33. The monoisotopic (exact) mass is 314 g/mol. The smallest absolute Gasteiger partial charge is 0.254 e. The Hall–Kier alpha value is -1.92. The Balaban J connectivity index is 1.63. The molecule has 2 aromatic rings. The summed E-state index contributed by atoms with van der Waals surface area (Å²) in [5.74, 6) is 0.0691. The first-order valence-corrected chi connectivity index (χ1v) is 8.33. The van der Waals surface area contributed by atoms with Crippen LogP contribution in [-0.2, 0) is 6.54 Å². The van der Waals surface area contributed by atoms with Crippen LogP contribution in [0.5, 0.6) is 0 Å². The van der Waals surface area contributed by atoms with Gasteiger partial charge < -0.3 is 20.3 Å². The molecule has 2 saturated heterocycles. The molecule has 4 rings (SSSR count). The van der Waals surface area contributed by atoms with E-state index in [1.165, 1.54) is 0 Å². The van der Waals surface area contributed by atoms with Crippen LogP contribution in [0.25, 0.3) is 11.0 Å². The van der Waals surface area contributed by atoms with Crippen LogP contribution in [0.1, 0.15) is 36.0 Å². The van der Waals surface area contributed by atoms with Gasteiger partial charge in [-0.1, -0.05) is 0 Å². The summed E-state index contributed by atoms with van der Waals surface area (Å²) in [4.78, 5) is 19.3. The van der Waals surface area contributed by atoms with Crippen molar-refractivity contribution in [3.8, 4) is 0 Å². The minimum Gasteiger partial charge on any atom is -0.393 e. The molecule has 1 aromatic carbocycles. The van der Waals surface area contributed by atoms with Crippen LogP contribution >= 0.6 is 0 Å². The molecule has 2 bridgehead atoms. The van der Waals surface area contributed by atoms with Crippen LogP contribution in [0.4, 0.5) is 0 Å². The number of carbonyl (C=O) groups excluding carboxylic acids is 1. The third-order valence-corrected chi connectivity index (χ3v) is 5.18. The zero-order valence-corrected chi connectivity index (χ0v) is 13.1. The number of piperidine rings is 1. The second kappa shape index (κ2) is 5.62. The molecular formula is C17H22N4O2. The number of hydrogen-bond acceptors (Lipinski definition) is 4. The number of fused-ring (bicyclic) bond motifs is 3. The number of aliphatic hydroxyl groups is 1. The minimum absolute atomic E-state index is 0.0691.